The van der Waals surface area contributed by atoms with E-state index in [1.165, 1.54) is 36.5 Å². The van der Waals surface area contributed by atoms with Crippen LogP contribution in [-0.2, 0) is 10.3 Å². The third-order valence-corrected chi connectivity index (χ3v) is 5.03. The van der Waals surface area contributed by atoms with E-state index in [0.29, 0.717) is 10.6 Å². The van der Waals surface area contributed by atoms with Gasteiger partial charge in [-0.25, -0.2) is 9.78 Å². The van der Waals surface area contributed by atoms with Gasteiger partial charge < -0.3 is 10.4 Å². The van der Waals surface area contributed by atoms with Crippen LogP contribution in [0.1, 0.15) is 32.9 Å². The Kier molecular flexibility index (Phi) is 4.98. The molecule has 1 unspecified atom stereocenters. The molecule has 1 atom stereocenters. The van der Waals surface area contributed by atoms with E-state index < -0.39 is 17.4 Å². The fourth-order valence-corrected chi connectivity index (χ4v) is 3.20. The lowest BCUT2D eigenvalue weighted by molar-refractivity contribution is -0.144. The van der Waals surface area contributed by atoms with Crippen LogP contribution in [0, 0.1) is 13.8 Å². The van der Waals surface area contributed by atoms with Crippen molar-refractivity contribution >= 4 is 46.4 Å². The van der Waals surface area contributed by atoms with Gasteiger partial charge in [0.1, 0.15) is 5.69 Å². The molecule has 0 fully saturated rings. The summed E-state index contributed by atoms with van der Waals surface area (Å²) in [5.41, 5.74) is -1.12. The van der Waals surface area contributed by atoms with Gasteiger partial charge in [-0.15, -0.1) is 11.3 Å². The highest BCUT2D eigenvalue weighted by atomic mass is 35.5. The number of thiazole rings is 1. The number of aromatic nitrogens is 1. The molecule has 122 valence electrons. The molecule has 1 amide bonds. The van der Waals surface area contributed by atoms with Gasteiger partial charge in [-0.05, 0) is 38.5 Å². The monoisotopic (exact) mass is 372 g/mol. The summed E-state index contributed by atoms with van der Waals surface area (Å²) in [5, 5.41) is 13.4. The minimum absolute atomic E-state index is 0.214. The number of nitrogens with zero attached hydrogens (tertiary/aromatic N) is 1. The highest BCUT2D eigenvalue weighted by Crippen LogP contribution is 2.29. The number of aryl methyl sites for hydroxylation is 2. The van der Waals surface area contributed by atoms with Crippen molar-refractivity contribution in [3.63, 3.8) is 0 Å². The number of carboxylic acids is 1. The molecule has 2 rings (SSSR count). The van der Waals surface area contributed by atoms with Gasteiger partial charge in [-0.2, -0.15) is 0 Å². The van der Waals surface area contributed by atoms with Gasteiger partial charge in [-0.3, -0.25) is 4.79 Å². The molecule has 0 aliphatic rings. The van der Waals surface area contributed by atoms with Gasteiger partial charge in [0.25, 0.3) is 5.91 Å². The zero-order chi connectivity index (χ0) is 17.4. The van der Waals surface area contributed by atoms with E-state index in [2.05, 4.69) is 10.3 Å². The average Bonchev–Trinajstić information content (AvgIpc) is 2.80. The second-order valence-corrected chi connectivity index (χ2v) is 7.37. The van der Waals surface area contributed by atoms with Gasteiger partial charge in [0.15, 0.2) is 5.54 Å². The Balaban J connectivity index is 2.41. The van der Waals surface area contributed by atoms with Gasteiger partial charge in [-0.1, -0.05) is 29.3 Å². The summed E-state index contributed by atoms with van der Waals surface area (Å²) in [5.74, 6) is -1.77. The minimum atomic E-state index is -1.66. The Morgan fingerprint density at radius 1 is 1.26 bits per heavy atom. The Morgan fingerprint density at radius 3 is 2.39 bits per heavy atom. The maximum Gasteiger partial charge on any atom is 0.333 e. The summed E-state index contributed by atoms with van der Waals surface area (Å²) < 4.78 is 0. The molecule has 0 spiro atoms. The number of amides is 1. The zero-order valence-electron chi connectivity index (χ0n) is 12.6. The molecule has 23 heavy (non-hydrogen) atoms. The summed E-state index contributed by atoms with van der Waals surface area (Å²) in [6.07, 6.45) is 0. The average molecular weight is 373 g/mol. The van der Waals surface area contributed by atoms with Crippen LogP contribution in [-0.4, -0.2) is 22.0 Å². The molecular formula is C15H14Cl2N2O3S. The minimum Gasteiger partial charge on any atom is -0.479 e. The molecule has 0 saturated heterocycles. The lowest BCUT2D eigenvalue weighted by Gasteiger charge is -2.27. The first-order valence-corrected chi connectivity index (χ1v) is 8.18. The number of nitrogens with one attached hydrogen (secondary N) is 1. The van der Waals surface area contributed by atoms with E-state index in [4.69, 9.17) is 23.2 Å². The van der Waals surface area contributed by atoms with Crippen molar-refractivity contribution < 1.29 is 14.7 Å². The number of hydrogen-bond donors (Lipinski definition) is 2. The molecule has 1 aromatic carbocycles. The molecule has 0 bridgehead atoms. The largest absolute Gasteiger partial charge is 0.479 e. The third kappa shape index (κ3) is 3.49. The summed E-state index contributed by atoms with van der Waals surface area (Å²) in [6, 6.07) is 4.43. The van der Waals surface area contributed by atoms with Crippen molar-refractivity contribution in [3.8, 4) is 0 Å². The number of carbonyl (C=O) groups is 2. The highest BCUT2D eigenvalue weighted by Gasteiger charge is 2.38. The van der Waals surface area contributed by atoms with Crippen LogP contribution < -0.4 is 5.32 Å². The molecule has 0 aliphatic carbocycles. The first-order chi connectivity index (χ1) is 10.6. The standard InChI is InChI=1S/C15H14Cl2N2O3S/c1-7-12(18-8(2)23-7)13(20)19-15(3,14(21)22)9-4-5-10(16)11(17)6-9/h4-6H,1-3H3,(H,19,20)(H,21,22). The second-order valence-electron chi connectivity index (χ2n) is 5.15. The van der Waals surface area contributed by atoms with E-state index in [0.717, 1.165) is 9.88 Å². The quantitative estimate of drug-likeness (QED) is 0.855. The summed E-state index contributed by atoms with van der Waals surface area (Å²) in [6.45, 7) is 4.93. The van der Waals surface area contributed by atoms with Crippen LogP contribution in [0.2, 0.25) is 10.0 Å². The molecule has 0 aliphatic heterocycles. The lowest BCUT2D eigenvalue weighted by atomic mass is 9.92. The van der Waals surface area contributed by atoms with Gasteiger partial charge in [0, 0.05) is 4.88 Å². The summed E-state index contributed by atoms with van der Waals surface area (Å²) in [4.78, 5) is 29.1. The zero-order valence-corrected chi connectivity index (χ0v) is 14.9. The van der Waals surface area contributed by atoms with Crippen molar-refractivity contribution in [3.05, 3.63) is 49.4 Å². The topological polar surface area (TPSA) is 79.3 Å². The van der Waals surface area contributed by atoms with Crippen molar-refractivity contribution in [1.29, 1.82) is 0 Å². The van der Waals surface area contributed by atoms with E-state index >= 15 is 0 Å². The SMILES string of the molecule is Cc1nc(C(=O)NC(C)(C(=O)O)c2ccc(Cl)c(Cl)c2)c(C)s1. The van der Waals surface area contributed by atoms with Crippen LogP contribution in [0.4, 0.5) is 0 Å². The number of halogens is 2. The maximum atomic E-state index is 12.4. The van der Waals surface area contributed by atoms with Crippen LogP contribution >= 0.6 is 34.5 Å². The molecule has 8 heteroatoms. The number of carboxylic acid groups (broad SMARTS) is 1. The lowest BCUT2D eigenvalue weighted by Crippen LogP contribution is -2.49. The van der Waals surface area contributed by atoms with Crippen molar-refractivity contribution in [2.24, 2.45) is 0 Å². The van der Waals surface area contributed by atoms with Crippen LogP contribution in [0.25, 0.3) is 0 Å². The third-order valence-electron chi connectivity index (χ3n) is 3.41. The van der Waals surface area contributed by atoms with E-state index in [-0.39, 0.29) is 10.7 Å². The Labute approximate surface area is 147 Å². The van der Waals surface area contributed by atoms with Gasteiger partial charge >= 0.3 is 5.97 Å². The first-order valence-electron chi connectivity index (χ1n) is 6.60. The molecule has 1 heterocycles. The Morgan fingerprint density at radius 2 is 1.91 bits per heavy atom. The highest BCUT2D eigenvalue weighted by molar-refractivity contribution is 7.11. The predicted molar refractivity (Wildman–Crippen MR) is 90.5 cm³/mol. The summed E-state index contributed by atoms with van der Waals surface area (Å²) >= 11 is 13.2. The molecule has 1 aromatic heterocycles. The van der Waals surface area contributed by atoms with E-state index in [9.17, 15) is 14.7 Å². The Hall–Kier alpha value is -1.63. The number of carbonyl (C=O) groups excluding carboxylic acids is 1. The molecule has 0 radical (unpaired) electrons. The van der Waals surface area contributed by atoms with Crippen molar-refractivity contribution in [1.82, 2.24) is 10.3 Å². The smallest absolute Gasteiger partial charge is 0.333 e. The molecule has 0 saturated carbocycles. The van der Waals surface area contributed by atoms with Crippen LogP contribution in [0.3, 0.4) is 0 Å². The maximum absolute atomic E-state index is 12.4. The molecule has 2 aromatic rings. The number of aliphatic carboxylic acids is 1. The van der Waals surface area contributed by atoms with Crippen LogP contribution in [0.15, 0.2) is 18.2 Å². The van der Waals surface area contributed by atoms with Gasteiger partial charge in [0.05, 0.1) is 15.1 Å². The predicted octanol–water partition coefficient (Wildman–Crippen LogP) is 3.80. The van der Waals surface area contributed by atoms with Crippen LogP contribution in [0.5, 0.6) is 0 Å². The fourth-order valence-electron chi connectivity index (χ4n) is 2.08. The number of hydrogen-bond acceptors (Lipinski definition) is 4. The van der Waals surface area contributed by atoms with Crippen molar-refractivity contribution in [2.75, 3.05) is 0 Å². The Bertz CT molecular complexity index is 791. The van der Waals surface area contributed by atoms with E-state index in [1.54, 1.807) is 13.8 Å². The summed E-state index contributed by atoms with van der Waals surface area (Å²) in [7, 11) is 0. The van der Waals surface area contributed by atoms with Gasteiger partial charge in [0.2, 0.25) is 0 Å². The molecule has 2 N–H and O–H groups in total. The number of rotatable bonds is 4. The fraction of sp³-hybridized carbons (Fsp3) is 0.267. The molecular weight excluding hydrogens is 359 g/mol. The number of benzene rings is 1. The first kappa shape index (κ1) is 17.7. The molecule has 5 nitrogen and oxygen atoms in total. The van der Waals surface area contributed by atoms with Crippen molar-refractivity contribution in [2.45, 2.75) is 26.3 Å². The second kappa shape index (κ2) is 6.47. The van der Waals surface area contributed by atoms with E-state index in [1.807, 2.05) is 0 Å². The normalized spacial score (nSPS) is 13.4.